The molecule has 1 aliphatic heterocycles. The summed E-state index contributed by atoms with van der Waals surface area (Å²) < 4.78 is 18.3. The summed E-state index contributed by atoms with van der Waals surface area (Å²) in [5.74, 6) is 0. The predicted molar refractivity (Wildman–Crippen MR) is 196 cm³/mol. The molecule has 0 radical (unpaired) electrons. The van der Waals surface area contributed by atoms with E-state index in [1.54, 1.807) is 0 Å². The normalized spacial score (nSPS) is 16.1. The first-order chi connectivity index (χ1) is 21.8. The topological polar surface area (TPSA) is 18.5 Å². The van der Waals surface area contributed by atoms with Crippen molar-refractivity contribution in [2.24, 2.45) is 0 Å². The first-order valence-electron chi connectivity index (χ1n) is 15.5. The maximum absolute atomic E-state index is 6.55. The third kappa shape index (κ3) is 4.22. The van der Waals surface area contributed by atoms with Crippen LogP contribution >= 0.6 is 22.7 Å². The lowest BCUT2D eigenvalue weighted by atomic mass is 9.76. The number of hydrogen-bond acceptors (Lipinski definition) is 4. The third-order valence-electron chi connectivity index (χ3n) is 9.89. The molecule has 45 heavy (non-hydrogen) atoms. The summed E-state index contributed by atoms with van der Waals surface area (Å²) in [6.45, 7) is 8.48. The smallest absolute Gasteiger partial charge is 0.399 e. The van der Waals surface area contributed by atoms with Crippen LogP contribution in [-0.2, 0) is 9.31 Å². The lowest BCUT2D eigenvalue weighted by molar-refractivity contribution is 0.00578. The second kappa shape index (κ2) is 9.75. The van der Waals surface area contributed by atoms with Gasteiger partial charge in [-0.3, -0.25) is 0 Å². The van der Waals surface area contributed by atoms with Gasteiger partial charge in [-0.05, 0) is 109 Å². The molecule has 0 atom stereocenters. The fourth-order valence-corrected chi connectivity index (χ4v) is 9.13. The molecule has 3 heterocycles. The minimum Gasteiger partial charge on any atom is -0.399 e. The zero-order chi connectivity index (χ0) is 30.5. The molecule has 0 saturated carbocycles. The van der Waals surface area contributed by atoms with Crippen LogP contribution in [-0.4, -0.2) is 18.3 Å². The highest BCUT2D eigenvalue weighted by Gasteiger charge is 2.52. The Kier molecular flexibility index (Phi) is 5.92. The minimum atomic E-state index is -0.407. The Bertz CT molecular complexity index is 2440. The van der Waals surface area contributed by atoms with Crippen molar-refractivity contribution >= 4 is 86.4 Å². The maximum Gasteiger partial charge on any atom is 0.495 e. The number of hydrogen-bond donors (Lipinski definition) is 0. The molecule has 2 nitrogen and oxygen atoms in total. The van der Waals surface area contributed by atoms with Crippen LogP contribution in [0.3, 0.4) is 0 Å². The lowest BCUT2D eigenvalue weighted by Gasteiger charge is -2.32. The van der Waals surface area contributed by atoms with E-state index in [-0.39, 0.29) is 0 Å². The van der Waals surface area contributed by atoms with E-state index >= 15 is 0 Å². The van der Waals surface area contributed by atoms with Gasteiger partial charge in [0.25, 0.3) is 0 Å². The first-order valence-corrected chi connectivity index (χ1v) is 17.1. The van der Waals surface area contributed by atoms with E-state index < -0.39 is 18.3 Å². The SMILES string of the molecule is CC1(C)OB(c2cccc3sc4ccc(-c5cc(-c6ccccc6)c6c(c5)sc5cc7ccccc7cc56)cc4c23)OC1(C)C. The highest BCUT2D eigenvalue weighted by atomic mass is 32.1. The summed E-state index contributed by atoms with van der Waals surface area (Å²) in [7, 11) is -0.407. The zero-order valence-electron chi connectivity index (χ0n) is 25.7. The average Bonchev–Trinajstić information content (AvgIpc) is 3.66. The van der Waals surface area contributed by atoms with Gasteiger partial charge >= 0.3 is 7.12 Å². The summed E-state index contributed by atoms with van der Waals surface area (Å²) in [6.07, 6.45) is 0. The number of thiophene rings is 2. The van der Waals surface area contributed by atoms with E-state index in [0.29, 0.717) is 0 Å². The number of benzene rings is 6. The Morgan fingerprint density at radius 3 is 1.96 bits per heavy atom. The Balaban J connectivity index is 1.27. The lowest BCUT2D eigenvalue weighted by Crippen LogP contribution is -2.41. The van der Waals surface area contributed by atoms with E-state index in [9.17, 15) is 0 Å². The van der Waals surface area contributed by atoms with Crippen molar-refractivity contribution in [1.82, 2.24) is 0 Å². The highest BCUT2D eigenvalue weighted by molar-refractivity contribution is 7.26. The minimum absolute atomic E-state index is 0.393. The molecule has 2 aromatic heterocycles. The summed E-state index contributed by atoms with van der Waals surface area (Å²) >= 11 is 3.73. The van der Waals surface area contributed by atoms with E-state index in [2.05, 4.69) is 143 Å². The highest BCUT2D eigenvalue weighted by Crippen LogP contribution is 2.45. The molecule has 0 aliphatic carbocycles. The van der Waals surface area contributed by atoms with E-state index in [1.165, 1.54) is 73.4 Å². The molecule has 8 aromatic rings. The van der Waals surface area contributed by atoms with Crippen LogP contribution in [0.4, 0.5) is 0 Å². The molecule has 1 fully saturated rings. The second-order valence-electron chi connectivity index (χ2n) is 13.2. The summed E-state index contributed by atoms with van der Waals surface area (Å²) in [5.41, 5.74) is 5.28. The molecule has 9 rings (SSSR count). The fourth-order valence-electron chi connectivity index (χ4n) is 6.80. The molecular formula is C40H31BO2S2. The average molecular weight is 619 g/mol. The number of fused-ring (bicyclic) bond motifs is 7. The molecule has 0 amide bonds. The van der Waals surface area contributed by atoms with Crippen LogP contribution in [0.15, 0.2) is 115 Å². The van der Waals surface area contributed by atoms with Gasteiger partial charge < -0.3 is 9.31 Å². The largest absolute Gasteiger partial charge is 0.495 e. The Labute approximate surface area is 271 Å². The first kappa shape index (κ1) is 27.3. The molecule has 6 aromatic carbocycles. The van der Waals surface area contributed by atoms with Gasteiger partial charge in [0.15, 0.2) is 0 Å². The third-order valence-corrected chi connectivity index (χ3v) is 12.1. The zero-order valence-corrected chi connectivity index (χ0v) is 27.3. The van der Waals surface area contributed by atoms with Gasteiger partial charge in [0.1, 0.15) is 0 Å². The van der Waals surface area contributed by atoms with Gasteiger partial charge in [-0.25, -0.2) is 0 Å². The standard InChI is InChI=1S/C40H31BO2S2/c1-39(2)40(3,4)43-41(42-39)32-15-10-16-34-38(32)30-20-27(17-18-33(30)44-34)28-21-29(24-11-6-5-7-12-24)37-31-19-25-13-8-9-14-26(25)22-35(31)45-36(37)23-28/h5-23H,1-4H3. The Hall–Kier alpha value is -4.00. The molecule has 218 valence electrons. The van der Waals surface area contributed by atoms with Crippen molar-refractivity contribution in [2.75, 3.05) is 0 Å². The van der Waals surface area contributed by atoms with Crippen LogP contribution in [0.25, 0.3) is 73.4 Å². The van der Waals surface area contributed by atoms with Crippen LogP contribution < -0.4 is 5.46 Å². The molecule has 0 unspecified atom stereocenters. The van der Waals surface area contributed by atoms with Crippen LogP contribution in [0.5, 0.6) is 0 Å². The van der Waals surface area contributed by atoms with Crippen molar-refractivity contribution in [3.8, 4) is 22.3 Å². The van der Waals surface area contributed by atoms with Gasteiger partial charge in [0, 0.05) is 40.3 Å². The molecule has 1 aliphatic rings. The molecule has 1 saturated heterocycles. The van der Waals surface area contributed by atoms with Crippen molar-refractivity contribution < 1.29 is 9.31 Å². The monoisotopic (exact) mass is 618 g/mol. The fraction of sp³-hybridized carbons (Fsp3) is 0.150. The quantitative estimate of drug-likeness (QED) is 0.183. The van der Waals surface area contributed by atoms with E-state index in [4.69, 9.17) is 9.31 Å². The summed E-state index contributed by atoms with van der Waals surface area (Å²) in [6, 6.07) is 42.5. The van der Waals surface area contributed by atoms with Crippen LogP contribution in [0.1, 0.15) is 27.7 Å². The Morgan fingerprint density at radius 2 is 1.18 bits per heavy atom. The predicted octanol–water partition coefficient (Wildman–Crippen LogP) is 11.2. The van der Waals surface area contributed by atoms with Crippen molar-refractivity contribution in [2.45, 2.75) is 38.9 Å². The van der Waals surface area contributed by atoms with Gasteiger partial charge in [-0.15, -0.1) is 22.7 Å². The Morgan fingerprint density at radius 1 is 0.489 bits per heavy atom. The van der Waals surface area contributed by atoms with Gasteiger partial charge in [0.2, 0.25) is 0 Å². The van der Waals surface area contributed by atoms with Gasteiger partial charge in [-0.1, -0.05) is 72.8 Å². The van der Waals surface area contributed by atoms with Crippen LogP contribution in [0.2, 0.25) is 0 Å². The maximum atomic E-state index is 6.55. The summed E-state index contributed by atoms with van der Waals surface area (Å²) in [5, 5.41) is 7.70. The van der Waals surface area contributed by atoms with Crippen molar-refractivity contribution in [1.29, 1.82) is 0 Å². The molecular weight excluding hydrogens is 587 g/mol. The van der Waals surface area contributed by atoms with Gasteiger partial charge in [-0.2, -0.15) is 0 Å². The summed E-state index contributed by atoms with van der Waals surface area (Å²) in [4.78, 5) is 0. The number of rotatable bonds is 3. The van der Waals surface area contributed by atoms with Crippen molar-refractivity contribution in [3.05, 3.63) is 115 Å². The van der Waals surface area contributed by atoms with E-state index in [1.807, 2.05) is 22.7 Å². The van der Waals surface area contributed by atoms with Crippen molar-refractivity contribution in [3.63, 3.8) is 0 Å². The molecule has 0 bridgehead atoms. The molecule has 0 spiro atoms. The van der Waals surface area contributed by atoms with Crippen LogP contribution in [0, 0.1) is 0 Å². The second-order valence-corrected chi connectivity index (χ2v) is 15.3. The van der Waals surface area contributed by atoms with E-state index in [0.717, 1.165) is 5.46 Å². The molecule has 5 heteroatoms. The van der Waals surface area contributed by atoms with Gasteiger partial charge in [0.05, 0.1) is 11.2 Å². The molecule has 0 N–H and O–H groups in total.